The summed E-state index contributed by atoms with van der Waals surface area (Å²) in [6.45, 7) is 6.11. The molecular weight excluding hydrogens is 326 g/mol. The molecule has 0 saturated carbocycles. The molecule has 4 rings (SSSR count). The molecule has 5 nitrogen and oxygen atoms in total. The molecule has 0 aromatic heterocycles. The molecule has 1 aromatic carbocycles. The van der Waals surface area contributed by atoms with Crippen LogP contribution in [0.4, 0.5) is 5.69 Å². The number of amides is 2. The Labute approximate surface area is 155 Å². The lowest BCUT2D eigenvalue weighted by molar-refractivity contribution is -0.145. The van der Waals surface area contributed by atoms with Crippen LogP contribution in [-0.2, 0) is 11.2 Å². The van der Waals surface area contributed by atoms with E-state index in [2.05, 4.69) is 12.2 Å². The molecule has 0 bridgehead atoms. The van der Waals surface area contributed by atoms with Crippen LogP contribution < -0.4 is 5.32 Å². The SMILES string of the molecule is CCCN1CCC[C@]2(CCN(C(=O)c3ccc4c(c3)CCCN4)C2)C1=O. The van der Waals surface area contributed by atoms with E-state index in [0.717, 1.165) is 69.4 Å². The minimum absolute atomic E-state index is 0.0793. The average molecular weight is 355 g/mol. The Morgan fingerprint density at radius 2 is 2.12 bits per heavy atom. The predicted molar refractivity (Wildman–Crippen MR) is 102 cm³/mol. The highest BCUT2D eigenvalue weighted by Crippen LogP contribution is 2.40. The molecule has 2 saturated heterocycles. The third-order valence-electron chi connectivity index (χ3n) is 6.25. The number of anilines is 1. The molecule has 0 aliphatic carbocycles. The Balaban J connectivity index is 1.50. The van der Waals surface area contributed by atoms with E-state index in [1.54, 1.807) is 0 Å². The summed E-state index contributed by atoms with van der Waals surface area (Å²) in [5.41, 5.74) is 2.82. The molecule has 3 aliphatic heterocycles. The molecule has 3 aliphatic rings. The zero-order valence-corrected chi connectivity index (χ0v) is 15.7. The van der Waals surface area contributed by atoms with E-state index in [9.17, 15) is 9.59 Å². The van der Waals surface area contributed by atoms with Crippen LogP contribution in [-0.4, -0.2) is 54.3 Å². The second-order valence-electron chi connectivity index (χ2n) is 8.06. The lowest BCUT2D eigenvalue weighted by Crippen LogP contribution is -2.50. The van der Waals surface area contributed by atoms with Crippen molar-refractivity contribution in [2.45, 2.75) is 45.4 Å². The summed E-state index contributed by atoms with van der Waals surface area (Å²) in [6, 6.07) is 6.00. The summed E-state index contributed by atoms with van der Waals surface area (Å²) in [5.74, 6) is 0.353. The van der Waals surface area contributed by atoms with Gasteiger partial charge in [-0.3, -0.25) is 9.59 Å². The van der Waals surface area contributed by atoms with Crippen molar-refractivity contribution in [3.05, 3.63) is 29.3 Å². The number of hydrogen-bond acceptors (Lipinski definition) is 3. The molecule has 26 heavy (non-hydrogen) atoms. The molecule has 2 fully saturated rings. The van der Waals surface area contributed by atoms with Crippen LogP contribution in [0.15, 0.2) is 18.2 Å². The third kappa shape index (κ3) is 2.97. The lowest BCUT2D eigenvalue weighted by Gasteiger charge is -2.39. The molecule has 1 N–H and O–H groups in total. The summed E-state index contributed by atoms with van der Waals surface area (Å²) in [5, 5.41) is 3.39. The smallest absolute Gasteiger partial charge is 0.253 e. The van der Waals surface area contributed by atoms with Crippen molar-refractivity contribution in [1.82, 2.24) is 9.80 Å². The normalized spacial score (nSPS) is 25.3. The summed E-state index contributed by atoms with van der Waals surface area (Å²) in [6.07, 6.45) is 5.91. The first-order valence-corrected chi connectivity index (χ1v) is 10.1. The minimum Gasteiger partial charge on any atom is -0.385 e. The first-order valence-electron chi connectivity index (χ1n) is 10.1. The fraction of sp³-hybridized carbons (Fsp3) is 0.619. The number of hydrogen-bond donors (Lipinski definition) is 1. The van der Waals surface area contributed by atoms with Crippen LogP contribution in [0, 0.1) is 5.41 Å². The van der Waals surface area contributed by atoms with E-state index in [0.29, 0.717) is 13.1 Å². The zero-order valence-electron chi connectivity index (χ0n) is 15.7. The number of carbonyl (C=O) groups excluding carboxylic acids is 2. The van der Waals surface area contributed by atoms with Gasteiger partial charge in [0.15, 0.2) is 0 Å². The topological polar surface area (TPSA) is 52.6 Å². The maximum absolute atomic E-state index is 13.1. The number of nitrogens with one attached hydrogen (secondary N) is 1. The highest BCUT2D eigenvalue weighted by Gasteiger charge is 2.49. The van der Waals surface area contributed by atoms with Crippen molar-refractivity contribution >= 4 is 17.5 Å². The van der Waals surface area contributed by atoms with E-state index in [4.69, 9.17) is 0 Å². The van der Waals surface area contributed by atoms with Gasteiger partial charge in [0, 0.05) is 44.0 Å². The summed E-state index contributed by atoms with van der Waals surface area (Å²) in [7, 11) is 0. The Bertz CT molecular complexity index is 715. The monoisotopic (exact) mass is 355 g/mol. The van der Waals surface area contributed by atoms with Crippen LogP contribution in [0.25, 0.3) is 0 Å². The second-order valence-corrected chi connectivity index (χ2v) is 8.06. The van der Waals surface area contributed by atoms with Gasteiger partial charge >= 0.3 is 0 Å². The molecule has 1 atom stereocenters. The van der Waals surface area contributed by atoms with Crippen LogP contribution in [0.1, 0.15) is 54.9 Å². The average Bonchev–Trinajstić information content (AvgIpc) is 3.10. The first-order chi connectivity index (χ1) is 12.6. The number of carbonyl (C=O) groups is 2. The summed E-state index contributed by atoms with van der Waals surface area (Å²) in [4.78, 5) is 30.0. The zero-order chi connectivity index (χ0) is 18.1. The Morgan fingerprint density at radius 3 is 2.96 bits per heavy atom. The third-order valence-corrected chi connectivity index (χ3v) is 6.25. The van der Waals surface area contributed by atoms with E-state index in [1.165, 1.54) is 5.56 Å². The van der Waals surface area contributed by atoms with Crippen LogP contribution in [0.3, 0.4) is 0 Å². The summed E-state index contributed by atoms with van der Waals surface area (Å²) < 4.78 is 0. The van der Waals surface area contributed by atoms with Crippen LogP contribution >= 0.6 is 0 Å². The number of piperidine rings is 1. The van der Waals surface area contributed by atoms with Gasteiger partial charge in [-0.15, -0.1) is 0 Å². The largest absolute Gasteiger partial charge is 0.385 e. The van der Waals surface area contributed by atoms with Crippen LogP contribution in [0.5, 0.6) is 0 Å². The fourth-order valence-electron chi connectivity index (χ4n) is 4.85. The van der Waals surface area contributed by atoms with E-state index < -0.39 is 0 Å². The predicted octanol–water partition coefficient (Wildman–Crippen LogP) is 2.91. The Hall–Kier alpha value is -2.04. The quantitative estimate of drug-likeness (QED) is 0.907. The molecule has 3 heterocycles. The van der Waals surface area contributed by atoms with Gasteiger partial charge < -0.3 is 15.1 Å². The van der Waals surface area contributed by atoms with Gasteiger partial charge in [-0.25, -0.2) is 0 Å². The number of fused-ring (bicyclic) bond motifs is 1. The van der Waals surface area contributed by atoms with Gasteiger partial charge in [0.05, 0.1) is 5.41 Å². The number of benzene rings is 1. The van der Waals surface area contributed by atoms with Crippen LogP contribution in [0.2, 0.25) is 0 Å². The number of rotatable bonds is 3. The van der Waals surface area contributed by atoms with Gasteiger partial charge in [-0.1, -0.05) is 6.92 Å². The Kier molecular flexibility index (Phi) is 4.63. The molecule has 0 unspecified atom stereocenters. The van der Waals surface area contributed by atoms with Gasteiger partial charge in [-0.2, -0.15) is 0 Å². The second kappa shape index (κ2) is 6.93. The van der Waals surface area contributed by atoms with E-state index >= 15 is 0 Å². The van der Waals surface area contributed by atoms with Gasteiger partial charge in [0.2, 0.25) is 5.91 Å². The molecule has 1 aromatic rings. The summed E-state index contributed by atoms with van der Waals surface area (Å²) >= 11 is 0. The van der Waals surface area contributed by atoms with Crippen molar-refractivity contribution in [2.75, 3.05) is 38.0 Å². The van der Waals surface area contributed by atoms with Gasteiger partial charge in [0.25, 0.3) is 5.91 Å². The first kappa shape index (κ1) is 17.4. The van der Waals surface area contributed by atoms with Crippen molar-refractivity contribution in [3.8, 4) is 0 Å². The maximum atomic E-state index is 13.1. The maximum Gasteiger partial charge on any atom is 0.253 e. The fourth-order valence-corrected chi connectivity index (χ4v) is 4.85. The highest BCUT2D eigenvalue weighted by molar-refractivity contribution is 5.96. The molecule has 1 spiro atoms. The number of likely N-dealkylation sites (tertiary alicyclic amines) is 2. The minimum atomic E-state index is -0.334. The molecular formula is C21H29N3O2. The van der Waals surface area contributed by atoms with Crippen molar-refractivity contribution in [2.24, 2.45) is 5.41 Å². The van der Waals surface area contributed by atoms with Crippen molar-refractivity contribution in [1.29, 1.82) is 0 Å². The van der Waals surface area contributed by atoms with Gasteiger partial charge in [0.1, 0.15) is 0 Å². The highest BCUT2D eigenvalue weighted by atomic mass is 16.2. The van der Waals surface area contributed by atoms with E-state index in [1.807, 2.05) is 28.0 Å². The van der Waals surface area contributed by atoms with E-state index in [-0.39, 0.29) is 17.2 Å². The van der Waals surface area contributed by atoms with Crippen molar-refractivity contribution < 1.29 is 9.59 Å². The number of aryl methyl sites for hydroxylation is 1. The molecule has 0 radical (unpaired) electrons. The Morgan fingerprint density at radius 1 is 1.23 bits per heavy atom. The number of nitrogens with zero attached hydrogens (tertiary/aromatic N) is 2. The standard InChI is InChI=1S/C21H29N3O2/c1-2-11-23-12-4-8-21(20(23)26)9-13-24(15-21)19(25)17-6-7-18-16(14-17)5-3-10-22-18/h6-7,14,22H,2-5,8-13,15H2,1H3/t21-/m1/s1. The molecule has 2 amide bonds. The molecule has 140 valence electrons. The molecule has 5 heteroatoms. The van der Waals surface area contributed by atoms with Gasteiger partial charge in [-0.05, 0) is 62.3 Å². The lowest BCUT2D eigenvalue weighted by atomic mass is 9.78. The van der Waals surface area contributed by atoms with Crippen molar-refractivity contribution in [3.63, 3.8) is 0 Å².